The molecule has 0 atom stereocenters. The van der Waals surface area contributed by atoms with Gasteiger partial charge in [-0.2, -0.15) is 0 Å². The van der Waals surface area contributed by atoms with Crippen LogP contribution in [0.5, 0.6) is 0 Å². The molecule has 1 N–H and O–H groups in total. The van der Waals surface area contributed by atoms with E-state index in [-0.39, 0.29) is 18.1 Å². The van der Waals surface area contributed by atoms with E-state index < -0.39 is 0 Å². The molecular weight excluding hydrogens is 322 g/mol. The molecule has 0 spiro atoms. The Morgan fingerprint density at radius 1 is 1.08 bits per heavy atom. The van der Waals surface area contributed by atoms with E-state index in [2.05, 4.69) is 5.32 Å². The van der Waals surface area contributed by atoms with Crippen LogP contribution in [0.25, 0.3) is 0 Å². The molecule has 0 saturated heterocycles. The van der Waals surface area contributed by atoms with Crippen molar-refractivity contribution in [1.29, 1.82) is 0 Å². The van der Waals surface area contributed by atoms with Crippen molar-refractivity contribution in [1.82, 2.24) is 0 Å². The second kappa shape index (κ2) is 8.65. The quantitative estimate of drug-likeness (QED) is 0.714. The third-order valence-corrected chi connectivity index (χ3v) is 4.04. The average Bonchev–Trinajstić information content (AvgIpc) is 2.54. The Morgan fingerprint density at radius 2 is 1.88 bits per heavy atom. The van der Waals surface area contributed by atoms with E-state index in [9.17, 15) is 9.59 Å². The minimum atomic E-state index is -0.105. The highest BCUT2D eigenvalue weighted by molar-refractivity contribution is 6.30. The number of ketones is 1. The van der Waals surface area contributed by atoms with Crippen molar-refractivity contribution in [2.75, 3.05) is 5.32 Å². The number of nitrogens with one attached hydrogen (secondary N) is 1. The summed E-state index contributed by atoms with van der Waals surface area (Å²) in [4.78, 5) is 24.3. The number of carbonyl (C=O) groups is 2. The molecule has 0 bridgehead atoms. The lowest BCUT2D eigenvalue weighted by Gasteiger charge is -2.10. The molecule has 0 fully saturated rings. The summed E-state index contributed by atoms with van der Waals surface area (Å²) in [6, 6.07) is 12.7. The van der Waals surface area contributed by atoms with Gasteiger partial charge in [-0.3, -0.25) is 9.59 Å². The number of benzene rings is 2. The first-order valence-electron chi connectivity index (χ1n) is 8.24. The molecule has 24 heavy (non-hydrogen) atoms. The van der Waals surface area contributed by atoms with Crippen LogP contribution in [0.3, 0.4) is 0 Å². The number of aryl methyl sites for hydroxylation is 1. The monoisotopic (exact) mass is 343 g/mol. The third kappa shape index (κ3) is 4.93. The number of amides is 1. The van der Waals surface area contributed by atoms with Gasteiger partial charge in [0.1, 0.15) is 0 Å². The zero-order chi connectivity index (χ0) is 17.5. The Bertz CT molecular complexity index is 740. The Kier molecular flexibility index (Phi) is 6.56. The molecule has 0 heterocycles. The number of hydrogen-bond donors (Lipinski definition) is 1. The maximum absolute atomic E-state index is 12.2. The van der Waals surface area contributed by atoms with Gasteiger partial charge in [-0.1, -0.05) is 49.7 Å². The fraction of sp³-hybridized carbons (Fsp3) is 0.300. The van der Waals surface area contributed by atoms with Gasteiger partial charge < -0.3 is 5.32 Å². The predicted molar refractivity (Wildman–Crippen MR) is 98.8 cm³/mol. The van der Waals surface area contributed by atoms with E-state index in [0.29, 0.717) is 17.1 Å². The van der Waals surface area contributed by atoms with Gasteiger partial charge in [0.15, 0.2) is 5.78 Å². The number of rotatable bonds is 7. The zero-order valence-corrected chi connectivity index (χ0v) is 14.8. The maximum atomic E-state index is 12.2. The van der Waals surface area contributed by atoms with Gasteiger partial charge in [-0.15, -0.1) is 0 Å². The summed E-state index contributed by atoms with van der Waals surface area (Å²) in [5.74, 6) is 0.0660. The van der Waals surface area contributed by atoms with Crippen LogP contribution in [0, 0.1) is 0 Å². The molecule has 2 aromatic rings. The third-order valence-electron chi connectivity index (χ3n) is 3.80. The van der Waals surface area contributed by atoms with Crippen LogP contribution in [-0.4, -0.2) is 11.7 Å². The molecule has 4 heteroatoms. The van der Waals surface area contributed by atoms with Crippen LogP contribution < -0.4 is 5.32 Å². The Morgan fingerprint density at radius 3 is 2.54 bits per heavy atom. The first-order chi connectivity index (χ1) is 11.5. The first-order valence-corrected chi connectivity index (χ1v) is 8.61. The molecule has 1 amide bonds. The van der Waals surface area contributed by atoms with Crippen molar-refractivity contribution < 1.29 is 9.59 Å². The van der Waals surface area contributed by atoms with Gasteiger partial charge in [0.25, 0.3) is 0 Å². The van der Waals surface area contributed by atoms with Gasteiger partial charge in [0, 0.05) is 22.7 Å². The summed E-state index contributed by atoms with van der Waals surface area (Å²) in [5.41, 5.74) is 3.36. The highest BCUT2D eigenvalue weighted by atomic mass is 35.5. The smallest absolute Gasteiger partial charge is 0.228 e. The van der Waals surface area contributed by atoms with Crippen molar-refractivity contribution in [3.63, 3.8) is 0 Å². The highest BCUT2D eigenvalue weighted by Crippen LogP contribution is 2.18. The predicted octanol–water partition coefficient (Wildman–Crippen LogP) is 5.07. The minimum Gasteiger partial charge on any atom is -0.326 e. The zero-order valence-electron chi connectivity index (χ0n) is 14.1. The fourth-order valence-electron chi connectivity index (χ4n) is 2.64. The van der Waals surface area contributed by atoms with Crippen molar-refractivity contribution in [2.45, 2.75) is 39.5 Å². The van der Waals surface area contributed by atoms with Gasteiger partial charge >= 0.3 is 0 Å². The highest BCUT2D eigenvalue weighted by Gasteiger charge is 2.12. The van der Waals surface area contributed by atoms with E-state index in [1.807, 2.05) is 32.0 Å². The topological polar surface area (TPSA) is 46.2 Å². The largest absolute Gasteiger partial charge is 0.326 e. The summed E-state index contributed by atoms with van der Waals surface area (Å²) in [6.07, 6.45) is 2.43. The van der Waals surface area contributed by atoms with E-state index in [4.69, 9.17) is 11.6 Å². The minimum absolute atomic E-state index is 0.105. The Balaban J connectivity index is 2.09. The van der Waals surface area contributed by atoms with E-state index in [0.717, 1.165) is 29.5 Å². The molecule has 3 nitrogen and oxygen atoms in total. The van der Waals surface area contributed by atoms with Gasteiger partial charge in [-0.25, -0.2) is 0 Å². The summed E-state index contributed by atoms with van der Waals surface area (Å²) >= 11 is 5.92. The standard InChI is InChI=1S/C20H22ClNO2/c1-3-6-19(23)18-10-9-14(11-15(18)4-2)12-20(24)22-17-8-5-7-16(21)13-17/h5,7-11,13H,3-4,6,12H2,1-2H3,(H,22,24). The lowest BCUT2D eigenvalue weighted by molar-refractivity contribution is -0.115. The van der Waals surface area contributed by atoms with Gasteiger partial charge in [0.2, 0.25) is 5.91 Å². The van der Waals surface area contributed by atoms with Crippen LogP contribution >= 0.6 is 11.6 Å². The molecule has 0 aliphatic heterocycles. The Labute approximate surface area is 148 Å². The number of carbonyl (C=O) groups excluding carboxylic acids is 2. The number of Topliss-reactive ketones (excluding diaryl/α,β-unsaturated/α-hetero) is 1. The molecule has 2 aromatic carbocycles. The van der Waals surface area contributed by atoms with E-state index >= 15 is 0 Å². The van der Waals surface area contributed by atoms with Gasteiger partial charge in [-0.05, 0) is 42.2 Å². The lowest BCUT2D eigenvalue weighted by Crippen LogP contribution is -2.15. The van der Waals surface area contributed by atoms with Gasteiger partial charge in [0.05, 0.1) is 6.42 Å². The summed E-state index contributed by atoms with van der Waals surface area (Å²) in [6.45, 7) is 4.02. The van der Waals surface area contributed by atoms with Crippen LogP contribution in [0.2, 0.25) is 5.02 Å². The van der Waals surface area contributed by atoms with Crippen LogP contribution in [0.1, 0.15) is 48.2 Å². The second-order valence-corrected chi connectivity index (χ2v) is 6.19. The molecule has 2 rings (SSSR count). The second-order valence-electron chi connectivity index (χ2n) is 5.75. The van der Waals surface area contributed by atoms with Crippen LogP contribution in [0.15, 0.2) is 42.5 Å². The summed E-state index contributed by atoms with van der Waals surface area (Å²) in [7, 11) is 0. The molecule has 0 unspecified atom stereocenters. The normalized spacial score (nSPS) is 10.5. The van der Waals surface area contributed by atoms with E-state index in [1.165, 1.54) is 0 Å². The van der Waals surface area contributed by atoms with Crippen molar-refractivity contribution in [3.05, 3.63) is 64.2 Å². The fourth-order valence-corrected chi connectivity index (χ4v) is 2.83. The molecule has 0 saturated carbocycles. The number of halogens is 1. The molecule has 0 aliphatic carbocycles. The molecule has 126 valence electrons. The lowest BCUT2D eigenvalue weighted by atomic mass is 9.96. The number of hydrogen-bond acceptors (Lipinski definition) is 2. The number of anilines is 1. The van der Waals surface area contributed by atoms with E-state index in [1.54, 1.807) is 24.3 Å². The first kappa shape index (κ1) is 18.2. The van der Waals surface area contributed by atoms with Crippen LogP contribution in [-0.2, 0) is 17.6 Å². The SMILES string of the molecule is CCCC(=O)c1ccc(CC(=O)Nc2cccc(Cl)c2)cc1CC. The van der Waals surface area contributed by atoms with Crippen molar-refractivity contribution in [3.8, 4) is 0 Å². The Hall–Kier alpha value is -2.13. The average molecular weight is 344 g/mol. The molecular formula is C20H22ClNO2. The maximum Gasteiger partial charge on any atom is 0.228 e. The molecule has 0 aromatic heterocycles. The van der Waals surface area contributed by atoms with Crippen molar-refractivity contribution >= 4 is 29.0 Å². The molecule has 0 radical (unpaired) electrons. The summed E-state index contributed by atoms with van der Waals surface area (Å²) < 4.78 is 0. The summed E-state index contributed by atoms with van der Waals surface area (Å²) in [5, 5.41) is 3.42. The van der Waals surface area contributed by atoms with Crippen molar-refractivity contribution in [2.24, 2.45) is 0 Å². The molecule has 0 aliphatic rings. The van der Waals surface area contributed by atoms with Crippen LogP contribution in [0.4, 0.5) is 5.69 Å².